The predicted octanol–water partition coefficient (Wildman–Crippen LogP) is 3.61. The molecule has 1 aromatic heterocycles. The van der Waals surface area contributed by atoms with Gasteiger partial charge in [-0.1, -0.05) is 43.2 Å². The molecule has 0 unspecified atom stereocenters. The van der Waals surface area contributed by atoms with E-state index in [4.69, 9.17) is 4.99 Å². The molecule has 3 fully saturated rings. The average Bonchev–Trinajstić information content (AvgIpc) is 3.22. The minimum absolute atomic E-state index is 0.123. The maximum atomic E-state index is 13.7. The van der Waals surface area contributed by atoms with Crippen molar-refractivity contribution in [3.63, 3.8) is 0 Å². The molecular weight excluding hydrogens is 464 g/mol. The first kappa shape index (κ1) is 22.7. The Hall–Kier alpha value is -3.52. The van der Waals surface area contributed by atoms with Crippen LogP contribution >= 0.6 is 0 Å². The second kappa shape index (κ2) is 8.52. The van der Waals surface area contributed by atoms with Gasteiger partial charge in [0, 0.05) is 37.0 Å². The summed E-state index contributed by atoms with van der Waals surface area (Å²) in [5.74, 6) is 1.40. The molecule has 2 amide bonds. The minimum Gasteiger partial charge on any atom is -0.328 e. The van der Waals surface area contributed by atoms with Crippen LogP contribution in [0.5, 0.6) is 0 Å². The van der Waals surface area contributed by atoms with E-state index in [0.29, 0.717) is 13.3 Å². The molecule has 0 N–H and O–H groups in total. The van der Waals surface area contributed by atoms with Crippen LogP contribution in [0.2, 0.25) is 0 Å². The van der Waals surface area contributed by atoms with Crippen molar-refractivity contribution in [3.8, 4) is 11.1 Å². The van der Waals surface area contributed by atoms with Gasteiger partial charge in [-0.25, -0.2) is 0 Å². The number of hydrogen-bond acceptors (Lipinski definition) is 5. The molecule has 8 nitrogen and oxygen atoms in total. The third-order valence-electron chi connectivity index (χ3n) is 8.51. The van der Waals surface area contributed by atoms with E-state index in [-0.39, 0.29) is 17.7 Å². The van der Waals surface area contributed by atoms with Crippen LogP contribution in [0.3, 0.4) is 0 Å². The van der Waals surface area contributed by atoms with E-state index in [1.165, 1.54) is 0 Å². The van der Waals surface area contributed by atoms with E-state index in [9.17, 15) is 9.59 Å². The highest BCUT2D eigenvalue weighted by Crippen LogP contribution is 2.40. The van der Waals surface area contributed by atoms with Crippen molar-refractivity contribution in [2.75, 3.05) is 26.4 Å². The zero-order chi connectivity index (χ0) is 25.1. The zero-order valence-corrected chi connectivity index (χ0v) is 21.3. The van der Waals surface area contributed by atoms with Crippen LogP contribution in [0.1, 0.15) is 44.1 Å². The normalized spacial score (nSPS) is 21.5. The van der Waals surface area contributed by atoms with Crippen LogP contribution in [-0.4, -0.2) is 74.1 Å². The molecule has 1 saturated heterocycles. The van der Waals surface area contributed by atoms with Gasteiger partial charge < -0.3 is 4.90 Å². The van der Waals surface area contributed by atoms with Gasteiger partial charge in [-0.3, -0.25) is 29.1 Å². The van der Waals surface area contributed by atoms with Crippen molar-refractivity contribution in [2.45, 2.75) is 44.1 Å². The Morgan fingerprint density at radius 2 is 1.73 bits per heavy atom. The first-order valence-electron chi connectivity index (χ1n) is 13.5. The Labute approximate surface area is 216 Å². The summed E-state index contributed by atoms with van der Waals surface area (Å²) in [7, 11) is 1.95. The summed E-state index contributed by atoms with van der Waals surface area (Å²) in [5.41, 5.74) is 3.72. The smallest absolute Gasteiger partial charge is 0.257 e. The SMILES string of the molecule is Cn1ncc2cc(-c3ccc(C4=NC5(CCCC5)C(=O)N4CN4CCN(C(=O)C5CC5)C4)cc3)ccc21. The van der Waals surface area contributed by atoms with Gasteiger partial charge in [0.15, 0.2) is 0 Å². The predicted molar refractivity (Wildman–Crippen MR) is 142 cm³/mol. The highest BCUT2D eigenvalue weighted by Gasteiger charge is 2.50. The van der Waals surface area contributed by atoms with Crippen molar-refractivity contribution in [1.29, 1.82) is 0 Å². The first-order valence-corrected chi connectivity index (χ1v) is 13.5. The summed E-state index contributed by atoms with van der Waals surface area (Å²) in [6.07, 6.45) is 7.65. The average molecular weight is 497 g/mol. The van der Waals surface area contributed by atoms with Gasteiger partial charge in [0.05, 0.1) is 25.1 Å². The zero-order valence-electron chi connectivity index (χ0n) is 21.3. The Balaban J connectivity index is 1.15. The maximum absolute atomic E-state index is 13.7. The number of aromatic nitrogens is 2. The van der Waals surface area contributed by atoms with Gasteiger partial charge in [0.2, 0.25) is 5.91 Å². The molecule has 1 spiro atoms. The molecule has 3 heterocycles. The molecule has 3 aromatic rings. The van der Waals surface area contributed by atoms with Crippen molar-refractivity contribution in [3.05, 3.63) is 54.2 Å². The number of hydrogen-bond donors (Lipinski definition) is 0. The van der Waals surface area contributed by atoms with Crippen LogP contribution in [0, 0.1) is 5.92 Å². The second-order valence-electron chi connectivity index (χ2n) is 11.1. The lowest BCUT2D eigenvalue weighted by atomic mass is 9.98. The van der Waals surface area contributed by atoms with E-state index in [1.807, 2.05) is 27.7 Å². The number of aryl methyl sites for hydroxylation is 1. The Kier molecular flexibility index (Phi) is 5.22. The summed E-state index contributed by atoms with van der Waals surface area (Å²) < 4.78 is 1.88. The Morgan fingerprint density at radius 1 is 1.00 bits per heavy atom. The van der Waals surface area contributed by atoms with E-state index in [1.54, 1.807) is 0 Å². The summed E-state index contributed by atoms with van der Waals surface area (Å²) in [4.78, 5) is 37.5. The Bertz CT molecular complexity index is 1410. The number of amidine groups is 1. The number of fused-ring (bicyclic) bond motifs is 1. The van der Waals surface area contributed by atoms with Crippen LogP contribution < -0.4 is 0 Å². The van der Waals surface area contributed by atoms with Crippen molar-refractivity contribution in [2.24, 2.45) is 18.0 Å². The fourth-order valence-corrected chi connectivity index (χ4v) is 6.18. The van der Waals surface area contributed by atoms with Crippen molar-refractivity contribution < 1.29 is 9.59 Å². The van der Waals surface area contributed by atoms with E-state index < -0.39 is 5.54 Å². The molecular formula is C29H32N6O2. The fraction of sp³-hybridized carbons (Fsp3) is 0.448. The highest BCUT2D eigenvalue weighted by molar-refractivity contribution is 6.15. The van der Waals surface area contributed by atoms with Gasteiger partial charge in [0.1, 0.15) is 11.4 Å². The molecule has 0 atom stereocenters. The molecule has 2 aliphatic carbocycles. The first-order chi connectivity index (χ1) is 18.0. The molecule has 37 heavy (non-hydrogen) atoms. The van der Waals surface area contributed by atoms with Crippen LogP contribution in [0.25, 0.3) is 22.0 Å². The molecule has 2 aliphatic heterocycles. The third kappa shape index (κ3) is 3.85. The molecule has 0 radical (unpaired) electrons. The summed E-state index contributed by atoms with van der Waals surface area (Å²) in [5, 5.41) is 5.47. The number of carbonyl (C=O) groups is 2. The Morgan fingerprint density at radius 3 is 2.49 bits per heavy atom. The minimum atomic E-state index is -0.609. The lowest BCUT2D eigenvalue weighted by Crippen LogP contribution is -2.47. The quantitative estimate of drug-likeness (QED) is 0.541. The standard InChI is InChI=1S/C29H32N6O2/c1-32-25-11-10-23(16-24(25)17-30-32)20-4-6-21(7-5-20)26-31-29(12-2-3-13-29)28(37)35(26)19-33-14-15-34(18-33)27(36)22-8-9-22/h4-7,10-11,16-17,22H,2-3,8-9,12-15,18-19H2,1H3. The molecule has 0 bridgehead atoms. The van der Waals surface area contributed by atoms with Crippen LogP contribution in [0.4, 0.5) is 0 Å². The molecule has 2 aromatic carbocycles. The maximum Gasteiger partial charge on any atom is 0.257 e. The fourth-order valence-electron chi connectivity index (χ4n) is 6.18. The van der Waals surface area contributed by atoms with E-state index in [2.05, 4.69) is 52.5 Å². The number of carbonyl (C=O) groups excluding carboxylic acids is 2. The van der Waals surface area contributed by atoms with E-state index in [0.717, 1.165) is 85.0 Å². The monoisotopic (exact) mass is 496 g/mol. The summed E-state index contributed by atoms with van der Waals surface area (Å²) in [6, 6.07) is 14.8. The van der Waals surface area contributed by atoms with Crippen LogP contribution in [-0.2, 0) is 16.6 Å². The number of benzene rings is 2. The number of nitrogens with zero attached hydrogens (tertiary/aromatic N) is 6. The van der Waals surface area contributed by atoms with Gasteiger partial charge >= 0.3 is 0 Å². The third-order valence-corrected chi connectivity index (χ3v) is 8.51. The second-order valence-corrected chi connectivity index (χ2v) is 11.1. The van der Waals surface area contributed by atoms with E-state index >= 15 is 0 Å². The lowest BCUT2D eigenvalue weighted by Gasteiger charge is -2.27. The molecule has 7 rings (SSSR count). The van der Waals surface area contributed by atoms with Gasteiger partial charge in [-0.2, -0.15) is 5.10 Å². The number of rotatable bonds is 5. The molecule has 190 valence electrons. The van der Waals surface area contributed by atoms with Gasteiger partial charge in [-0.05, 0) is 48.9 Å². The molecule has 2 saturated carbocycles. The van der Waals surface area contributed by atoms with Crippen molar-refractivity contribution in [1.82, 2.24) is 24.5 Å². The number of aliphatic imine (C=N–C) groups is 1. The molecule has 4 aliphatic rings. The van der Waals surface area contributed by atoms with Crippen LogP contribution in [0.15, 0.2) is 53.7 Å². The van der Waals surface area contributed by atoms with Gasteiger partial charge in [-0.15, -0.1) is 0 Å². The highest BCUT2D eigenvalue weighted by atomic mass is 16.2. The lowest BCUT2D eigenvalue weighted by molar-refractivity contribution is -0.133. The molecule has 8 heteroatoms. The summed E-state index contributed by atoms with van der Waals surface area (Å²) in [6.45, 7) is 2.60. The number of amides is 2. The van der Waals surface area contributed by atoms with Crippen molar-refractivity contribution >= 4 is 28.6 Å². The van der Waals surface area contributed by atoms with Gasteiger partial charge in [0.25, 0.3) is 5.91 Å². The summed E-state index contributed by atoms with van der Waals surface area (Å²) >= 11 is 0. The largest absolute Gasteiger partial charge is 0.328 e. The topological polar surface area (TPSA) is 74.0 Å².